The number of rotatable bonds is 0. The molecule has 40 valence electrons. The molecule has 0 unspecified atom stereocenters. The summed E-state index contributed by atoms with van der Waals surface area (Å²) in [6, 6.07) is 0. The van der Waals surface area contributed by atoms with Gasteiger partial charge in [0, 0.05) is 0 Å². The first-order chi connectivity index (χ1) is 3.50. The Hall–Kier alpha value is -0.870. The fourth-order valence-electron chi connectivity index (χ4n) is 0.176. The molecule has 0 aliphatic rings. The summed E-state index contributed by atoms with van der Waals surface area (Å²) in [5, 5.41) is 0. The van der Waals surface area contributed by atoms with Gasteiger partial charge in [-0.15, -0.1) is 0 Å². The predicted molar refractivity (Wildman–Crippen MR) is 24.9 cm³/mol. The fourth-order valence-corrected chi connectivity index (χ4v) is 0.176. The molecule has 1 rings (SSSR count). The summed E-state index contributed by atoms with van der Waals surface area (Å²) in [7, 11) is 0. The molecule has 4 heteroatoms. The Bertz CT molecular complexity index is 66.7. The van der Waals surface area contributed by atoms with E-state index < -0.39 is 0 Å². The molecule has 0 aliphatic heterocycles. The molecule has 0 saturated heterocycles. The van der Waals surface area contributed by atoms with E-state index in [4.69, 9.17) is 0 Å². The van der Waals surface area contributed by atoms with Crippen LogP contribution in [-0.4, -0.2) is 4.98 Å². The lowest BCUT2D eigenvalue weighted by molar-refractivity contribution is 0.558. The van der Waals surface area contributed by atoms with Gasteiger partial charge in [-0.05, 0) is 0 Å². The number of hydrazine groups is 1. The Morgan fingerprint density at radius 2 is 2.14 bits per heavy atom. The zero-order chi connectivity index (χ0) is 5.54. The van der Waals surface area contributed by atoms with E-state index in [1.807, 2.05) is 0 Å². The molecule has 4 N–H and O–H groups in total. The van der Waals surface area contributed by atoms with Crippen molar-refractivity contribution in [3.05, 3.63) is 18.9 Å². The molecule has 0 aliphatic carbocycles. The van der Waals surface area contributed by atoms with Crippen molar-refractivity contribution in [1.82, 2.24) is 4.98 Å². The van der Waals surface area contributed by atoms with Gasteiger partial charge in [0.1, 0.15) is 6.26 Å². The standard InChI is InChI=1S/C3H3NO.H4N2/c1-2-5-3-4-1;1-2/h1-3H;1-2H2. The zero-order valence-corrected chi connectivity index (χ0v) is 3.74. The number of nitrogens with two attached hydrogens (primary N) is 2. The first-order valence-electron chi connectivity index (χ1n) is 1.65. The Labute approximate surface area is 41.1 Å². The minimum absolute atomic E-state index is 1.38. The molecule has 0 spiro atoms. The highest BCUT2D eigenvalue weighted by Crippen LogP contribution is 1.72. The second-order valence-electron chi connectivity index (χ2n) is 0.676. The molecule has 7 heavy (non-hydrogen) atoms. The minimum Gasteiger partial charge on any atom is -0.452 e. The number of oxazole rings is 1. The summed E-state index contributed by atoms with van der Waals surface area (Å²) in [5.41, 5.74) is 0. The minimum atomic E-state index is 1.38. The smallest absolute Gasteiger partial charge is 0.180 e. The molecule has 0 aromatic carbocycles. The Balaban J connectivity index is 0.000000162. The Morgan fingerprint density at radius 3 is 2.29 bits per heavy atom. The fraction of sp³-hybridized carbons (Fsp3) is 0. The van der Waals surface area contributed by atoms with Crippen LogP contribution in [0.15, 0.2) is 23.3 Å². The van der Waals surface area contributed by atoms with Crippen molar-refractivity contribution in [3.8, 4) is 0 Å². The van der Waals surface area contributed by atoms with Gasteiger partial charge in [0.15, 0.2) is 6.39 Å². The maximum absolute atomic E-state index is 4.47. The molecule has 1 aromatic heterocycles. The third kappa shape index (κ3) is 2.95. The lowest BCUT2D eigenvalue weighted by Gasteiger charge is -1.47. The Morgan fingerprint density at radius 1 is 1.43 bits per heavy atom. The maximum Gasteiger partial charge on any atom is 0.180 e. The summed E-state index contributed by atoms with van der Waals surface area (Å²) >= 11 is 0. The van der Waals surface area contributed by atoms with E-state index in [-0.39, 0.29) is 0 Å². The number of nitrogens with zero attached hydrogens (tertiary/aromatic N) is 1. The summed E-state index contributed by atoms with van der Waals surface area (Å²) in [6.45, 7) is 0. The number of hydrogen-bond donors (Lipinski definition) is 2. The number of aromatic nitrogens is 1. The summed E-state index contributed by atoms with van der Waals surface area (Å²) in [6.07, 6.45) is 4.47. The van der Waals surface area contributed by atoms with Crippen LogP contribution in [0.5, 0.6) is 0 Å². The first-order valence-corrected chi connectivity index (χ1v) is 1.65. The van der Waals surface area contributed by atoms with Crippen LogP contribution in [0, 0.1) is 0 Å². The van der Waals surface area contributed by atoms with Crippen molar-refractivity contribution >= 4 is 0 Å². The predicted octanol–water partition coefficient (Wildman–Crippen LogP) is -0.507. The average Bonchev–Trinajstić information content (AvgIpc) is 2.23. The van der Waals surface area contributed by atoms with Gasteiger partial charge in [-0.25, -0.2) is 4.98 Å². The van der Waals surface area contributed by atoms with Crippen molar-refractivity contribution in [2.45, 2.75) is 0 Å². The van der Waals surface area contributed by atoms with Crippen LogP contribution in [0.2, 0.25) is 0 Å². The van der Waals surface area contributed by atoms with Gasteiger partial charge in [-0.2, -0.15) is 0 Å². The summed E-state index contributed by atoms with van der Waals surface area (Å²) < 4.78 is 4.47. The van der Waals surface area contributed by atoms with E-state index in [1.165, 1.54) is 12.7 Å². The monoisotopic (exact) mass is 101 g/mol. The SMILES string of the molecule is NN.c1cocn1. The van der Waals surface area contributed by atoms with Gasteiger partial charge in [0.2, 0.25) is 0 Å². The quantitative estimate of drug-likeness (QED) is 0.341. The van der Waals surface area contributed by atoms with E-state index >= 15 is 0 Å². The third-order valence-corrected chi connectivity index (χ3v) is 0.347. The highest BCUT2D eigenvalue weighted by Gasteiger charge is 1.59. The van der Waals surface area contributed by atoms with Gasteiger partial charge in [0.25, 0.3) is 0 Å². The molecule has 0 bridgehead atoms. The van der Waals surface area contributed by atoms with Crippen LogP contribution >= 0.6 is 0 Å². The Kier molecular flexibility index (Phi) is 4.49. The topological polar surface area (TPSA) is 78.1 Å². The molecule has 1 heterocycles. The molecule has 0 atom stereocenters. The van der Waals surface area contributed by atoms with E-state index in [1.54, 1.807) is 6.20 Å². The van der Waals surface area contributed by atoms with Gasteiger partial charge in [-0.3, -0.25) is 11.7 Å². The van der Waals surface area contributed by atoms with Gasteiger partial charge in [-0.1, -0.05) is 0 Å². The molecular formula is C3H7N3O. The van der Waals surface area contributed by atoms with Crippen molar-refractivity contribution in [3.63, 3.8) is 0 Å². The molecule has 0 amide bonds. The molecule has 4 nitrogen and oxygen atoms in total. The molecule has 1 aromatic rings. The van der Waals surface area contributed by atoms with Crippen LogP contribution in [0.25, 0.3) is 0 Å². The zero-order valence-electron chi connectivity index (χ0n) is 3.74. The van der Waals surface area contributed by atoms with Crippen LogP contribution < -0.4 is 11.7 Å². The summed E-state index contributed by atoms with van der Waals surface area (Å²) in [4.78, 5) is 3.56. The van der Waals surface area contributed by atoms with Gasteiger partial charge < -0.3 is 4.42 Å². The molecule has 0 saturated carbocycles. The van der Waals surface area contributed by atoms with E-state index in [0.29, 0.717) is 0 Å². The van der Waals surface area contributed by atoms with E-state index in [9.17, 15) is 0 Å². The van der Waals surface area contributed by atoms with Gasteiger partial charge in [0.05, 0.1) is 6.20 Å². The maximum atomic E-state index is 4.47. The lowest BCUT2D eigenvalue weighted by atomic mass is 11.0. The second kappa shape index (κ2) is 5.13. The van der Waals surface area contributed by atoms with Crippen LogP contribution in [0.3, 0.4) is 0 Å². The second-order valence-corrected chi connectivity index (χ2v) is 0.676. The van der Waals surface area contributed by atoms with Crippen LogP contribution in [0.1, 0.15) is 0 Å². The molecule has 0 fully saturated rings. The van der Waals surface area contributed by atoms with Gasteiger partial charge >= 0.3 is 0 Å². The third-order valence-electron chi connectivity index (χ3n) is 0.347. The van der Waals surface area contributed by atoms with Crippen LogP contribution in [-0.2, 0) is 0 Å². The van der Waals surface area contributed by atoms with Crippen molar-refractivity contribution < 1.29 is 4.42 Å². The van der Waals surface area contributed by atoms with E-state index in [0.717, 1.165) is 0 Å². The highest BCUT2D eigenvalue weighted by molar-refractivity contribution is 4.56. The normalized spacial score (nSPS) is 6.57. The largest absolute Gasteiger partial charge is 0.452 e. The highest BCUT2D eigenvalue weighted by atomic mass is 16.3. The first kappa shape index (κ1) is 6.13. The summed E-state index contributed by atoms with van der Waals surface area (Å²) in [5.74, 6) is 8.00. The van der Waals surface area contributed by atoms with Crippen molar-refractivity contribution in [2.75, 3.05) is 0 Å². The van der Waals surface area contributed by atoms with E-state index in [2.05, 4.69) is 21.1 Å². The molecular weight excluding hydrogens is 94.1 g/mol. The lowest BCUT2D eigenvalue weighted by Crippen LogP contribution is -2.02. The van der Waals surface area contributed by atoms with Crippen molar-refractivity contribution in [1.29, 1.82) is 0 Å². The number of hydrogen-bond acceptors (Lipinski definition) is 4. The average molecular weight is 101 g/mol. The van der Waals surface area contributed by atoms with Crippen molar-refractivity contribution in [2.24, 2.45) is 11.7 Å². The molecule has 0 radical (unpaired) electrons. The van der Waals surface area contributed by atoms with Crippen LogP contribution in [0.4, 0.5) is 0 Å².